The van der Waals surface area contributed by atoms with Crippen LogP contribution >= 0.6 is 24.8 Å². The van der Waals surface area contributed by atoms with Gasteiger partial charge in [-0.2, -0.15) is 0 Å². The van der Waals surface area contributed by atoms with E-state index >= 15 is 0 Å². The molecular weight excluding hydrogens is 357 g/mol. The van der Waals surface area contributed by atoms with Crippen molar-refractivity contribution >= 4 is 30.7 Å². The van der Waals surface area contributed by atoms with Gasteiger partial charge in [0.15, 0.2) is 0 Å². The highest BCUT2D eigenvalue weighted by Gasteiger charge is 2.35. The molecular formula is C19H31Cl2N3O. The average molecular weight is 388 g/mol. The van der Waals surface area contributed by atoms with Gasteiger partial charge in [0, 0.05) is 6.54 Å². The number of rotatable bonds is 5. The van der Waals surface area contributed by atoms with Crippen molar-refractivity contribution in [2.45, 2.75) is 56.5 Å². The van der Waals surface area contributed by atoms with Crippen LogP contribution in [0.25, 0.3) is 0 Å². The Labute approximate surface area is 163 Å². The fourth-order valence-electron chi connectivity index (χ4n) is 3.96. The van der Waals surface area contributed by atoms with Crippen molar-refractivity contribution < 1.29 is 4.79 Å². The molecule has 2 fully saturated rings. The predicted molar refractivity (Wildman–Crippen MR) is 107 cm³/mol. The van der Waals surface area contributed by atoms with E-state index in [9.17, 15) is 4.79 Å². The molecule has 6 heteroatoms. The Kier molecular flexibility index (Phi) is 9.22. The summed E-state index contributed by atoms with van der Waals surface area (Å²) in [4.78, 5) is 15.1. The van der Waals surface area contributed by atoms with E-state index in [1.54, 1.807) is 0 Å². The van der Waals surface area contributed by atoms with Gasteiger partial charge in [0.25, 0.3) is 0 Å². The first-order valence-electron chi connectivity index (χ1n) is 9.05. The Bertz CT molecular complexity index is 515. The van der Waals surface area contributed by atoms with Crippen molar-refractivity contribution in [3.8, 4) is 0 Å². The number of likely N-dealkylation sites (tertiary alicyclic amines) is 1. The molecule has 1 aromatic carbocycles. The molecule has 1 aliphatic carbocycles. The zero-order valence-electron chi connectivity index (χ0n) is 14.8. The highest BCUT2D eigenvalue weighted by Crippen LogP contribution is 2.27. The molecule has 2 aliphatic rings. The third-order valence-corrected chi connectivity index (χ3v) is 5.42. The van der Waals surface area contributed by atoms with Gasteiger partial charge in [0.1, 0.15) is 0 Å². The highest BCUT2D eigenvalue weighted by atomic mass is 35.5. The minimum absolute atomic E-state index is 0. The lowest BCUT2D eigenvalue weighted by Gasteiger charge is -2.34. The maximum atomic E-state index is 12.6. The third-order valence-electron chi connectivity index (χ3n) is 5.42. The number of nitrogens with zero attached hydrogens (tertiary/aromatic N) is 1. The lowest BCUT2D eigenvalue weighted by atomic mass is 9.82. The highest BCUT2D eigenvalue weighted by molar-refractivity contribution is 5.86. The van der Waals surface area contributed by atoms with E-state index in [-0.39, 0.29) is 36.8 Å². The van der Waals surface area contributed by atoms with Crippen LogP contribution in [0.2, 0.25) is 0 Å². The van der Waals surface area contributed by atoms with Crippen LogP contribution < -0.4 is 11.1 Å². The van der Waals surface area contributed by atoms with E-state index in [2.05, 4.69) is 34.5 Å². The summed E-state index contributed by atoms with van der Waals surface area (Å²) in [5.41, 5.74) is 6.99. The number of carbonyl (C=O) groups is 1. The van der Waals surface area contributed by atoms with Gasteiger partial charge in [-0.1, -0.05) is 49.6 Å². The second-order valence-electron chi connectivity index (χ2n) is 7.10. The first-order valence-corrected chi connectivity index (χ1v) is 9.05. The van der Waals surface area contributed by atoms with E-state index < -0.39 is 5.54 Å². The minimum Gasteiger partial charge on any atom is -0.353 e. The molecule has 25 heavy (non-hydrogen) atoms. The largest absolute Gasteiger partial charge is 0.353 e. The van der Waals surface area contributed by atoms with Crippen LogP contribution in [-0.4, -0.2) is 36.0 Å². The Balaban J connectivity index is 0.00000156. The Morgan fingerprint density at radius 1 is 1.04 bits per heavy atom. The smallest absolute Gasteiger partial charge is 0.240 e. The molecule has 0 radical (unpaired) electrons. The summed E-state index contributed by atoms with van der Waals surface area (Å²) in [5, 5.41) is 3.16. The van der Waals surface area contributed by atoms with Gasteiger partial charge in [-0.25, -0.2) is 0 Å². The summed E-state index contributed by atoms with van der Waals surface area (Å²) < 4.78 is 0. The molecule has 1 aliphatic heterocycles. The standard InChI is InChI=1S/C19H29N3O.2ClH/c20-19(11-5-2-6-12-19)18(23)21-15-17(22-13-7-8-14-22)16-9-3-1-4-10-16;;/h1,3-4,9-10,17H,2,5-8,11-15,20H2,(H,21,23);2*1H. The van der Waals surface area contributed by atoms with Crippen molar-refractivity contribution in [1.29, 1.82) is 0 Å². The molecule has 1 heterocycles. The molecule has 0 bridgehead atoms. The van der Waals surface area contributed by atoms with Crippen molar-refractivity contribution in [1.82, 2.24) is 10.2 Å². The Morgan fingerprint density at radius 3 is 2.24 bits per heavy atom. The molecule has 3 N–H and O–H groups in total. The molecule has 1 atom stereocenters. The summed E-state index contributed by atoms with van der Waals surface area (Å²) in [7, 11) is 0. The van der Waals surface area contributed by atoms with Crippen LogP contribution in [0.1, 0.15) is 56.6 Å². The Morgan fingerprint density at radius 2 is 1.64 bits per heavy atom. The van der Waals surface area contributed by atoms with Crippen molar-refractivity contribution in [2.24, 2.45) is 5.73 Å². The summed E-state index contributed by atoms with van der Waals surface area (Å²) in [6.07, 6.45) is 7.47. The van der Waals surface area contributed by atoms with Gasteiger partial charge < -0.3 is 11.1 Å². The first kappa shape index (κ1) is 22.2. The molecule has 1 unspecified atom stereocenters. The number of nitrogens with one attached hydrogen (secondary N) is 1. The molecule has 1 amide bonds. The minimum atomic E-state index is -0.648. The Hall–Kier alpha value is -0.810. The second kappa shape index (κ2) is 10.4. The summed E-state index contributed by atoms with van der Waals surface area (Å²) in [5.74, 6) is 0.0392. The topological polar surface area (TPSA) is 58.4 Å². The number of amides is 1. The van der Waals surface area contributed by atoms with Crippen LogP contribution in [0.15, 0.2) is 30.3 Å². The summed E-state index contributed by atoms with van der Waals surface area (Å²) >= 11 is 0. The van der Waals surface area contributed by atoms with Crippen molar-refractivity contribution in [3.05, 3.63) is 35.9 Å². The van der Waals surface area contributed by atoms with Crippen LogP contribution in [-0.2, 0) is 4.79 Å². The molecule has 1 saturated carbocycles. The number of hydrogen-bond donors (Lipinski definition) is 2. The number of hydrogen-bond acceptors (Lipinski definition) is 3. The number of carbonyl (C=O) groups excluding carboxylic acids is 1. The van der Waals surface area contributed by atoms with Crippen LogP contribution in [0, 0.1) is 0 Å². The van der Waals surface area contributed by atoms with Crippen LogP contribution in [0.5, 0.6) is 0 Å². The number of nitrogens with two attached hydrogens (primary N) is 1. The summed E-state index contributed by atoms with van der Waals surface area (Å²) in [6.45, 7) is 2.88. The van der Waals surface area contributed by atoms with Gasteiger partial charge in [-0.3, -0.25) is 9.69 Å². The predicted octanol–water partition coefficient (Wildman–Crippen LogP) is 3.44. The number of benzene rings is 1. The molecule has 3 rings (SSSR count). The zero-order valence-corrected chi connectivity index (χ0v) is 16.4. The first-order chi connectivity index (χ1) is 11.2. The van der Waals surface area contributed by atoms with Crippen molar-refractivity contribution in [2.75, 3.05) is 19.6 Å². The van der Waals surface area contributed by atoms with E-state index in [0.717, 1.165) is 38.8 Å². The van der Waals surface area contributed by atoms with Gasteiger partial charge >= 0.3 is 0 Å². The molecule has 0 aromatic heterocycles. The second-order valence-corrected chi connectivity index (χ2v) is 7.10. The van der Waals surface area contributed by atoms with E-state index in [1.165, 1.54) is 24.8 Å². The quantitative estimate of drug-likeness (QED) is 0.813. The zero-order chi connectivity index (χ0) is 16.1. The van der Waals surface area contributed by atoms with Crippen molar-refractivity contribution in [3.63, 3.8) is 0 Å². The maximum Gasteiger partial charge on any atom is 0.240 e. The molecule has 142 valence electrons. The van der Waals surface area contributed by atoms with Gasteiger partial charge in [-0.05, 0) is 44.3 Å². The van der Waals surface area contributed by atoms with E-state index in [1.807, 2.05) is 6.07 Å². The average Bonchev–Trinajstić information content (AvgIpc) is 3.11. The van der Waals surface area contributed by atoms with Gasteiger partial charge in [0.2, 0.25) is 5.91 Å². The van der Waals surface area contributed by atoms with Crippen LogP contribution in [0.3, 0.4) is 0 Å². The monoisotopic (exact) mass is 387 g/mol. The lowest BCUT2D eigenvalue weighted by Crippen LogP contribution is -2.56. The normalized spacial score (nSPS) is 20.8. The molecule has 4 nitrogen and oxygen atoms in total. The molecule has 0 spiro atoms. The molecule has 1 aromatic rings. The number of halogens is 2. The SMILES string of the molecule is Cl.Cl.NC1(C(=O)NCC(c2ccccc2)N2CCCC2)CCCCC1. The van der Waals surface area contributed by atoms with E-state index in [0.29, 0.717) is 6.54 Å². The van der Waals surface area contributed by atoms with Gasteiger partial charge in [-0.15, -0.1) is 24.8 Å². The van der Waals surface area contributed by atoms with Gasteiger partial charge in [0.05, 0.1) is 11.6 Å². The fraction of sp³-hybridized carbons (Fsp3) is 0.632. The van der Waals surface area contributed by atoms with E-state index in [4.69, 9.17) is 5.73 Å². The fourth-order valence-corrected chi connectivity index (χ4v) is 3.96. The molecule has 1 saturated heterocycles. The summed E-state index contributed by atoms with van der Waals surface area (Å²) in [6, 6.07) is 10.8. The lowest BCUT2D eigenvalue weighted by molar-refractivity contribution is -0.127. The third kappa shape index (κ3) is 5.58. The van der Waals surface area contributed by atoms with Crippen LogP contribution in [0.4, 0.5) is 0 Å². The maximum absolute atomic E-state index is 12.6.